The van der Waals surface area contributed by atoms with Gasteiger partial charge in [-0.05, 0) is 31.0 Å². The van der Waals surface area contributed by atoms with Gasteiger partial charge < -0.3 is 13.9 Å². The molecule has 0 bridgehead atoms. The summed E-state index contributed by atoms with van der Waals surface area (Å²) >= 11 is 0. The number of carbonyl (C=O) groups is 1. The molecule has 0 amide bonds. The zero-order chi connectivity index (χ0) is 34.4. The van der Waals surface area contributed by atoms with Gasteiger partial charge >= 0.3 is 5.97 Å². The minimum atomic E-state index is -1.96. The first kappa shape index (κ1) is 45.3. The normalized spacial score (nSPS) is 13.5. The third-order valence-electron chi connectivity index (χ3n) is 10.1. The minimum Gasteiger partial charge on any atom is -0.457 e. The van der Waals surface area contributed by atoms with Crippen LogP contribution in [0.4, 0.5) is 0 Å². The molecule has 0 saturated carbocycles. The van der Waals surface area contributed by atoms with E-state index in [9.17, 15) is 4.79 Å². The first-order chi connectivity index (χ1) is 22.1. The Balaban J connectivity index is 4.37. The largest absolute Gasteiger partial charge is 0.457 e. The zero-order valence-electron chi connectivity index (χ0n) is 32.4. The summed E-state index contributed by atoms with van der Waals surface area (Å²) in [5.41, 5.74) is 0. The van der Waals surface area contributed by atoms with Crippen LogP contribution in [0.3, 0.4) is 0 Å². The molecule has 46 heavy (non-hydrogen) atoms. The van der Waals surface area contributed by atoms with Gasteiger partial charge in [0.2, 0.25) is 0 Å². The first-order valence-corrected chi connectivity index (χ1v) is 23.1. The zero-order valence-corrected chi connectivity index (χ0v) is 33.4. The Hall–Kier alpha value is -0.653. The summed E-state index contributed by atoms with van der Waals surface area (Å²) in [4.78, 5) is 12.8. The molecule has 0 aromatic rings. The van der Waals surface area contributed by atoms with E-state index >= 15 is 0 Å². The second kappa shape index (κ2) is 30.4. The number of hydrogen-bond donors (Lipinski definition) is 0. The predicted octanol–water partition coefficient (Wildman–Crippen LogP) is 13.7. The number of unbranched alkanes of at least 4 members (excludes halogenated alkanes) is 22. The Morgan fingerprint density at radius 1 is 0.630 bits per heavy atom. The topological polar surface area (TPSA) is 44.8 Å². The highest BCUT2D eigenvalue weighted by atomic mass is 28.4. The van der Waals surface area contributed by atoms with Crippen LogP contribution in [0.15, 0.2) is 12.7 Å². The summed E-state index contributed by atoms with van der Waals surface area (Å²) in [6, 6.07) is 0. The van der Waals surface area contributed by atoms with Gasteiger partial charge in [-0.3, -0.25) is 4.79 Å². The van der Waals surface area contributed by atoms with Crippen molar-refractivity contribution in [3.05, 3.63) is 12.7 Å². The van der Waals surface area contributed by atoms with Crippen molar-refractivity contribution in [3.8, 4) is 0 Å². The molecule has 2 atom stereocenters. The first-order valence-electron chi connectivity index (χ1n) is 20.1. The van der Waals surface area contributed by atoms with Crippen LogP contribution >= 0.6 is 0 Å². The van der Waals surface area contributed by atoms with Gasteiger partial charge in [-0.15, -0.1) is 6.58 Å². The fraction of sp³-hybridized carbons (Fsp3) is 0.927. The van der Waals surface area contributed by atoms with Gasteiger partial charge in [0.15, 0.2) is 8.32 Å². The highest BCUT2D eigenvalue weighted by Crippen LogP contribution is 2.36. The summed E-state index contributed by atoms with van der Waals surface area (Å²) in [6.45, 7) is 20.6. The average molecular weight is 667 g/mol. The van der Waals surface area contributed by atoms with Gasteiger partial charge in [0.05, 0.1) is 19.3 Å². The molecule has 0 fully saturated rings. The number of carbonyl (C=O) groups excluding carboxylic acids is 1. The lowest BCUT2D eigenvalue weighted by molar-refractivity contribution is -0.155. The number of rotatable bonds is 34. The lowest BCUT2D eigenvalue weighted by Crippen LogP contribution is -2.44. The summed E-state index contributed by atoms with van der Waals surface area (Å²) in [6.07, 6.45) is 34.6. The van der Waals surface area contributed by atoms with E-state index < -0.39 is 8.32 Å². The van der Waals surface area contributed by atoms with Crippen molar-refractivity contribution >= 4 is 14.3 Å². The van der Waals surface area contributed by atoms with Crippen LogP contribution in [0.5, 0.6) is 0 Å². The van der Waals surface area contributed by atoms with E-state index in [1.807, 2.05) is 6.08 Å². The Bertz CT molecular complexity index is 686. The van der Waals surface area contributed by atoms with Crippen molar-refractivity contribution in [2.45, 2.75) is 232 Å². The van der Waals surface area contributed by atoms with Gasteiger partial charge in [-0.2, -0.15) is 0 Å². The van der Waals surface area contributed by atoms with E-state index in [0.29, 0.717) is 19.6 Å². The maximum Gasteiger partial charge on any atom is 0.306 e. The summed E-state index contributed by atoms with van der Waals surface area (Å²) in [7, 11) is -1.96. The monoisotopic (exact) mass is 667 g/mol. The maximum atomic E-state index is 12.8. The van der Waals surface area contributed by atoms with Crippen LogP contribution in [0, 0.1) is 0 Å². The van der Waals surface area contributed by atoms with E-state index in [0.717, 1.165) is 25.7 Å². The molecule has 2 unspecified atom stereocenters. The Labute approximate surface area is 290 Å². The van der Waals surface area contributed by atoms with Crippen LogP contribution in [0.2, 0.25) is 18.1 Å². The molecule has 0 rings (SSSR count). The summed E-state index contributed by atoms with van der Waals surface area (Å²) < 4.78 is 18.7. The van der Waals surface area contributed by atoms with E-state index in [1.54, 1.807) is 0 Å². The van der Waals surface area contributed by atoms with Crippen LogP contribution < -0.4 is 0 Å². The molecule has 0 aromatic carbocycles. The average Bonchev–Trinajstić information content (AvgIpc) is 3.01. The van der Waals surface area contributed by atoms with Crippen LogP contribution in [0.25, 0.3) is 0 Å². The van der Waals surface area contributed by atoms with E-state index in [1.165, 1.54) is 135 Å². The predicted molar refractivity (Wildman–Crippen MR) is 204 cm³/mol. The lowest BCUT2D eigenvalue weighted by Gasteiger charge is -2.37. The van der Waals surface area contributed by atoms with Crippen LogP contribution in [0.1, 0.15) is 202 Å². The molecule has 0 spiro atoms. The molecule has 5 heteroatoms. The van der Waals surface area contributed by atoms with Crippen molar-refractivity contribution < 1.29 is 18.7 Å². The smallest absolute Gasteiger partial charge is 0.306 e. The van der Waals surface area contributed by atoms with Gasteiger partial charge in [0, 0.05) is 6.42 Å². The highest BCUT2D eigenvalue weighted by Gasteiger charge is 2.38. The third-order valence-corrected chi connectivity index (χ3v) is 14.6. The Morgan fingerprint density at radius 2 is 1.02 bits per heavy atom. The molecule has 0 aliphatic carbocycles. The van der Waals surface area contributed by atoms with Gasteiger partial charge in [-0.25, -0.2) is 0 Å². The van der Waals surface area contributed by atoms with E-state index in [2.05, 4.69) is 54.3 Å². The molecule has 0 aromatic heterocycles. The van der Waals surface area contributed by atoms with E-state index in [-0.39, 0.29) is 23.2 Å². The van der Waals surface area contributed by atoms with Crippen molar-refractivity contribution in [2.75, 3.05) is 13.2 Å². The molecule has 274 valence electrons. The quantitative estimate of drug-likeness (QED) is 0.0297. The summed E-state index contributed by atoms with van der Waals surface area (Å²) in [5, 5.41) is 0.107. The molecule has 0 aliphatic rings. The fourth-order valence-corrected chi connectivity index (χ4v) is 6.71. The second-order valence-electron chi connectivity index (χ2n) is 15.6. The highest BCUT2D eigenvalue weighted by molar-refractivity contribution is 6.74. The molecule has 0 aliphatic heterocycles. The lowest BCUT2D eigenvalue weighted by atomic mass is 10.0. The molecule has 0 saturated heterocycles. The molecular formula is C41H82O4Si. The van der Waals surface area contributed by atoms with Crippen LogP contribution in [-0.4, -0.2) is 39.7 Å². The number of hydrogen-bond acceptors (Lipinski definition) is 4. The number of ether oxygens (including phenoxy) is 2. The van der Waals surface area contributed by atoms with Crippen molar-refractivity contribution in [1.29, 1.82) is 0 Å². The number of esters is 1. The fourth-order valence-electron chi connectivity index (χ4n) is 5.68. The Kier molecular flexibility index (Phi) is 30.0. The van der Waals surface area contributed by atoms with E-state index in [4.69, 9.17) is 13.9 Å². The maximum absolute atomic E-state index is 12.8. The molecule has 0 N–H and O–H groups in total. The van der Waals surface area contributed by atoms with Gasteiger partial charge in [-0.1, -0.05) is 188 Å². The third kappa shape index (κ3) is 27.3. The van der Waals surface area contributed by atoms with Crippen molar-refractivity contribution in [2.24, 2.45) is 0 Å². The molecular weight excluding hydrogens is 585 g/mol. The van der Waals surface area contributed by atoms with Gasteiger partial charge in [0.1, 0.15) is 6.10 Å². The minimum absolute atomic E-state index is 0.00584. The summed E-state index contributed by atoms with van der Waals surface area (Å²) in [5.74, 6) is -0.115. The van der Waals surface area contributed by atoms with Crippen LogP contribution in [-0.2, 0) is 18.7 Å². The Morgan fingerprint density at radius 3 is 1.41 bits per heavy atom. The van der Waals surface area contributed by atoms with Gasteiger partial charge in [0.25, 0.3) is 0 Å². The molecule has 0 heterocycles. The second-order valence-corrected chi connectivity index (χ2v) is 20.4. The standard InChI is InChI=1S/C41H82O4Si/c1-9-12-14-16-18-20-22-23-25-27-29-31-33-35-40(42)45-39(37-44-46(7,8)41(4,5)6)36-43-38(11-3)34-32-30-28-26-24-21-19-17-15-13-10-2/h11,38-39H,3,9-10,12-37H2,1-2,4-8H3. The molecule has 4 nitrogen and oxygen atoms in total. The molecule has 0 radical (unpaired) electrons. The van der Waals surface area contributed by atoms with Crippen molar-refractivity contribution in [3.63, 3.8) is 0 Å². The van der Waals surface area contributed by atoms with Crippen molar-refractivity contribution in [1.82, 2.24) is 0 Å². The SMILES string of the molecule is C=CC(CCCCCCCCCCCCC)OCC(CO[Si](C)(C)C(C)(C)C)OC(=O)CCCCCCCCCCCCCCC.